The van der Waals surface area contributed by atoms with Crippen molar-refractivity contribution in [1.82, 2.24) is 5.43 Å². The van der Waals surface area contributed by atoms with E-state index in [0.29, 0.717) is 21.5 Å². The van der Waals surface area contributed by atoms with Crippen LogP contribution in [-0.4, -0.2) is 30.5 Å². The standard InChI is InChI=1S/C23H18BrFN4O4/c24-16-10-11-20(33-14-21(30)27-17-6-2-1-3-7-17)15(12-16)13-26-29-23(32)22(31)28-19-9-5-4-8-18(19)25/h1-13H,14H2,(H,27,30)(H,28,31)(H,29,32)/b26-13-. The van der Waals surface area contributed by atoms with Crippen LogP contribution >= 0.6 is 15.9 Å². The van der Waals surface area contributed by atoms with Crippen molar-refractivity contribution in [3.63, 3.8) is 0 Å². The molecule has 0 unspecified atom stereocenters. The molecule has 3 aromatic carbocycles. The molecule has 8 nitrogen and oxygen atoms in total. The van der Waals surface area contributed by atoms with Crippen molar-refractivity contribution in [3.05, 3.63) is 88.6 Å². The molecule has 0 aliphatic rings. The summed E-state index contributed by atoms with van der Waals surface area (Å²) < 4.78 is 19.9. The van der Waals surface area contributed by atoms with Crippen LogP contribution in [0.1, 0.15) is 5.56 Å². The third-order valence-electron chi connectivity index (χ3n) is 4.09. The molecule has 0 radical (unpaired) electrons. The van der Waals surface area contributed by atoms with Crippen molar-refractivity contribution in [3.8, 4) is 5.75 Å². The monoisotopic (exact) mass is 512 g/mol. The molecular formula is C23H18BrFN4O4. The second-order valence-corrected chi connectivity index (χ2v) is 7.43. The van der Waals surface area contributed by atoms with Crippen LogP contribution in [0, 0.1) is 5.82 Å². The van der Waals surface area contributed by atoms with Crippen LogP contribution in [0.4, 0.5) is 15.8 Å². The van der Waals surface area contributed by atoms with Gasteiger partial charge in [-0.05, 0) is 42.5 Å². The molecule has 0 heterocycles. The fraction of sp³-hybridized carbons (Fsp3) is 0.0435. The predicted molar refractivity (Wildman–Crippen MR) is 125 cm³/mol. The smallest absolute Gasteiger partial charge is 0.329 e. The number of para-hydroxylation sites is 2. The van der Waals surface area contributed by atoms with Crippen LogP contribution in [0.3, 0.4) is 0 Å². The Bertz CT molecular complexity index is 1190. The van der Waals surface area contributed by atoms with Gasteiger partial charge in [0.15, 0.2) is 6.61 Å². The minimum absolute atomic E-state index is 0.127. The number of nitrogens with one attached hydrogen (secondary N) is 3. The van der Waals surface area contributed by atoms with Crippen LogP contribution in [0.2, 0.25) is 0 Å². The summed E-state index contributed by atoms with van der Waals surface area (Å²) in [5.74, 6) is -2.87. The molecule has 0 aliphatic carbocycles. The number of hydrogen-bond acceptors (Lipinski definition) is 5. The lowest BCUT2D eigenvalue weighted by molar-refractivity contribution is -0.136. The van der Waals surface area contributed by atoms with Crippen molar-refractivity contribution < 1.29 is 23.5 Å². The fourth-order valence-corrected chi connectivity index (χ4v) is 2.95. The molecule has 0 saturated heterocycles. The molecule has 0 bridgehead atoms. The first-order valence-corrected chi connectivity index (χ1v) is 10.4. The van der Waals surface area contributed by atoms with Gasteiger partial charge in [-0.3, -0.25) is 14.4 Å². The number of hydrogen-bond donors (Lipinski definition) is 3. The Morgan fingerprint density at radius 3 is 2.42 bits per heavy atom. The van der Waals surface area contributed by atoms with Gasteiger partial charge in [0, 0.05) is 15.7 Å². The summed E-state index contributed by atoms with van der Waals surface area (Å²) in [6, 6.07) is 19.4. The number of hydrazone groups is 1. The zero-order valence-electron chi connectivity index (χ0n) is 17.0. The van der Waals surface area contributed by atoms with Gasteiger partial charge in [-0.15, -0.1) is 0 Å². The summed E-state index contributed by atoms with van der Waals surface area (Å²) >= 11 is 3.33. The van der Waals surface area contributed by atoms with Gasteiger partial charge in [0.1, 0.15) is 11.6 Å². The Hall–Kier alpha value is -4.05. The van der Waals surface area contributed by atoms with Crippen LogP contribution in [0.15, 0.2) is 82.4 Å². The molecule has 3 rings (SSSR count). The van der Waals surface area contributed by atoms with Gasteiger partial charge in [-0.1, -0.05) is 46.3 Å². The van der Waals surface area contributed by atoms with Crippen molar-refractivity contribution in [2.45, 2.75) is 0 Å². The van der Waals surface area contributed by atoms with Crippen molar-refractivity contribution in [2.75, 3.05) is 17.2 Å². The van der Waals surface area contributed by atoms with Gasteiger partial charge < -0.3 is 15.4 Å². The molecule has 168 valence electrons. The molecule has 33 heavy (non-hydrogen) atoms. The van der Waals surface area contributed by atoms with Crippen LogP contribution in [0.25, 0.3) is 0 Å². The molecule has 0 aliphatic heterocycles. The van der Waals surface area contributed by atoms with Crippen LogP contribution < -0.4 is 20.8 Å². The van der Waals surface area contributed by atoms with E-state index in [1.54, 1.807) is 42.5 Å². The van der Waals surface area contributed by atoms with Crippen LogP contribution in [0.5, 0.6) is 5.75 Å². The lowest BCUT2D eigenvalue weighted by atomic mass is 10.2. The molecule has 0 atom stereocenters. The largest absolute Gasteiger partial charge is 0.483 e. The average Bonchev–Trinajstić information content (AvgIpc) is 2.80. The Balaban J connectivity index is 1.58. The highest BCUT2D eigenvalue weighted by molar-refractivity contribution is 9.10. The highest BCUT2D eigenvalue weighted by atomic mass is 79.9. The Morgan fingerprint density at radius 1 is 0.939 bits per heavy atom. The van der Waals surface area contributed by atoms with E-state index < -0.39 is 17.6 Å². The van der Waals surface area contributed by atoms with Gasteiger partial charge in [-0.25, -0.2) is 9.82 Å². The van der Waals surface area contributed by atoms with Gasteiger partial charge >= 0.3 is 11.8 Å². The van der Waals surface area contributed by atoms with Crippen LogP contribution in [-0.2, 0) is 14.4 Å². The molecule has 3 N–H and O–H groups in total. The first-order chi connectivity index (χ1) is 15.9. The zero-order chi connectivity index (χ0) is 23.6. The summed E-state index contributed by atoms with van der Waals surface area (Å²) in [5.41, 5.74) is 3.01. The highest BCUT2D eigenvalue weighted by Gasteiger charge is 2.15. The topological polar surface area (TPSA) is 109 Å². The maximum Gasteiger partial charge on any atom is 0.329 e. The first kappa shape index (κ1) is 23.6. The third kappa shape index (κ3) is 7.25. The number of halogens is 2. The normalized spacial score (nSPS) is 10.5. The third-order valence-corrected chi connectivity index (χ3v) is 4.58. The number of carbonyl (C=O) groups excluding carboxylic acids is 3. The van der Waals surface area contributed by atoms with E-state index in [4.69, 9.17) is 4.74 Å². The molecule has 0 spiro atoms. The molecule has 3 amide bonds. The Morgan fingerprint density at radius 2 is 1.67 bits per heavy atom. The molecule has 0 aromatic heterocycles. The summed E-state index contributed by atoms with van der Waals surface area (Å²) in [6.45, 7) is -0.255. The van der Waals surface area contributed by atoms with Crippen molar-refractivity contribution >= 4 is 51.2 Å². The second-order valence-electron chi connectivity index (χ2n) is 6.52. The fourth-order valence-electron chi connectivity index (χ4n) is 2.57. The van der Waals surface area contributed by atoms with Gasteiger partial charge in [0.05, 0.1) is 11.9 Å². The quantitative estimate of drug-likeness (QED) is 0.254. The molecular weight excluding hydrogens is 495 g/mol. The summed E-state index contributed by atoms with van der Waals surface area (Å²) in [7, 11) is 0. The first-order valence-electron chi connectivity index (χ1n) is 9.58. The number of benzene rings is 3. The number of anilines is 2. The van der Waals surface area contributed by atoms with E-state index in [1.807, 2.05) is 6.07 Å². The minimum atomic E-state index is -1.09. The zero-order valence-corrected chi connectivity index (χ0v) is 18.6. The molecule has 0 saturated carbocycles. The maximum atomic E-state index is 13.6. The van der Waals surface area contributed by atoms with Crippen molar-refractivity contribution in [2.24, 2.45) is 5.10 Å². The molecule has 3 aromatic rings. The van der Waals surface area contributed by atoms with Gasteiger partial charge in [0.2, 0.25) is 0 Å². The number of nitrogens with zero attached hydrogens (tertiary/aromatic N) is 1. The summed E-state index contributed by atoms with van der Waals surface area (Å²) in [4.78, 5) is 36.0. The minimum Gasteiger partial charge on any atom is -0.483 e. The van der Waals surface area contributed by atoms with E-state index in [2.05, 4.69) is 37.1 Å². The van der Waals surface area contributed by atoms with E-state index in [-0.39, 0.29) is 18.2 Å². The van der Waals surface area contributed by atoms with Crippen molar-refractivity contribution in [1.29, 1.82) is 0 Å². The van der Waals surface area contributed by atoms with E-state index in [9.17, 15) is 18.8 Å². The van der Waals surface area contributed by atoms with E-state index in [0.717, 1.165) is 6.07 Å². The van der Waals surface area contributed by atoms with Gasteiger partial charge in [-0.2, -0.15) is 5.10 Å². The Kier molecular flexibility index (Phi) is 8.25. The second kappa shape index (κ2) is 11.5. The average molecular weight is 513 g/mol. The lowest BCUT2D eigenvalue weighted by Crippen LogP contribution is -2.32. The number of carbonyl (C=O) groups is 3. The summed E-state index contributed by atoms with van der Waals surface area (Å²) in [5, 5.41) is 8.60. The SMILES string of the molecule is O=C(COc1ccc(Br)cc1/C=N\NC(=O)C(=O)Nc1ccccc1F)Nc1ccccc1. The van der Waals surface area contributed by atoms with E-state index >= 15 is 0 Å². The lowest BCUT2D eigenvalue weighted by Gasteiger charge is -2.10. The highest BCUT2D eigenvalue weighted by Crippen LogP contribution is 2.22. The number of ether oxygens (including phenoxy) is 1. The number of amides is 3. The van der Waals surface area contributed by atoms with Gasteiger partial charge in [0.25, 0.3) is 5.91 Å². The maximum absolute atomic E-state index is 13.6. The Labute approximate surface area is 197 Å². The number of rotatable bonds is 7. The molecule has 0 fully saturated rings. The molecule has 10 heteroatoms. The predicted octanol–water partition coefficient (Wildman–Crippen LogP) is 3.69. The van der Waals surface area contributed by atoms with E-state index in [1.165, 1.54) is 24.4 Å². The summed E-state index contributed by atoms with van der Waals surface area (Å²) in [6.07, 6.45) is 1.25.